The van der Waals surface area contributed by atoms with E-state index in [2.05, 4.69) is 22.0 Å². The summed E-state index contributed by atoms with van der Waals surface area (Å²) < 4.78 is 1.99. The van der Waals surface area contributed by atoms with Gasteiger partial charge in [0.05, 0.1) is 6.21 Å². The smallest absolute Gasteiger partial charge is 0.264 e. The van der Waals surface area contributed by atoms with Gasteiger partial charge in [-0.25, -0.2) is 0 Å². The highest BCUT2D eigenvalue weighted by molar-refractivity contribution is 7.71. The molecule has 8 heteroatoms. The number of aromatic nitrogens is 2. The number of hydrogen-bond acceptors (Lipinski definition) is 6. The second-order valence-electron chi connectivity index (χ2n) is 6.66. The second-order valence-corrected chi connectivity index (χ2v) is 7.05. The van der Waals surface area contributed by atoms with E-state index < -0.39 is 0 Å². The van der Waals surface area contributed by atoms with Gasteiger partial charge in [-0.2, -0.15) is 5.10 Å². The summed E-state index contributed by atoms with van der Waals surface area (Å²) in [5, 5.41) is 16.9. The van der Waals surface area contributed by atoms with Gasteiger partial charge >= 0.3 is 0 Å². The Bertz CT molecular complexity index is 712. The largest absolute Gasteiger partial charge is 0.494 e. The van der Waals surface area contributed by atoms with Crippen molar-refractivity contribution < 1.29 is 5.11 Å². The van der Waals surface area contributed by atoms with Crippen molar-refractivity contribution in [2.24, 2.45) is 5.10 Å². The van der Waals surface area contributed by atoms with Crippen LogP contribution in [0.4, 0.5) is 0 Å². The predicted octanol–water partition coefficient (Wildman–Crippen LogP) is 1.70. The number of piperazine rings is 1. The van der Waals surface area contributed by atoms with Crippen molar-refractivity contribution >= 4 is 18.4 Å². The fourth-order valence-electron chi connectivity index (χ4n) is 3.40. The minimum absolute atomic E-state index is 0.0615. The summed E-state index contributed by atoms with van der Waals surface area (Å²) in [6.07, 6.45) is 6.87. The lowest BCUT2D eigenvalue weighted by molar-refractivity contribution is 0.159. The number of hydrazone groups is 1. The summed E-state index contributed by atoms with van der Waals surface area (Å²) in [5.74, 6) is -0.0615. The van der Waals surface area contributed by atoms with E-state index in [0.717, 1.165) is 51.9 Å². The molecule has 2 aliphatic rings. The highest BCUT2D eigenvalue weighted by atomic mass is 32.1. The Morgan fingerprint density at radius 2 is 1.88 bits per heavy atom. The standard InChI is InChI=1S/C16H25N5O2S/c1-19-7-9-20(10-8-19)17-11-13-14(22)18-16(24)21(15(13)23)12-5-3-2-4-6-12/h11-12,23H,2-10H2,1H3,(H,18,22,24). The minimum Gasteiger partial charge on any atom is -0.494 e. The number of rotatable bonds is 3. The first-order chi connectivity index (χ1) is 11.6. The Morgan fingerprint density at radius 3 is 2.54 bits per heavy atom. The first kappa shape index (κ1) is 17.2. The molecule has 2 heterocycles. The number of H-pyrrole nitrogens is 1. The molecule has 132 valence electrons. The van der Waals surface area contributed by atoms with Crippen LogP contribution < -0.4 is 5.56 Å². The lowest BCUT2D eigenvalue weighted by atomic mass is 9.95. The number of likely N-dealkylation sites (N-methyl/N-ethyl adjacent to an activating group) is 1. The summed E-state index contributed by atoms with van der Waals surface area (Å²) in [4.78, 5) is 17.1. The van der Waals surface area contributed by atoms with Crippen molar-refractivity contribution in [3.8, 4) is 5.88 Å². The molecule has 0 bridgehead atoms. The molecule has 0 aromatic carbocycles. The van der Waals surface area contributed by atoms with E-state index in [1.54, 1.807) is 4.57 Å². The molecule has 2 fully saturated rings. The Kier molecular flexibility index (Phi) is 5.35. The third-order valence-electron chi connectivity index (χ3n) is 4.92. The van der Waals surface area contributed by atoms with Gasteiger partial charge in [0.2, 0.25) is 5.88 Å². The summed E-state index contributed by atoms with van der Waals surface area (Å²) in [6, 6.07) is 0.152. The molecular formula is C16H25N5O2S. The van der Waals surface area contributed by atoms with Crippen LogP contribution in [0.3, 0.4) is 0 Å². The van der Waals surface area contributed by atoms with E-state index in [1.807, 2.05) is 5.01 Å². The average Bonchev–Trinajstić information content (AvgIpc) is 2.57. The maximum atomic E-state index is 12.2. The van der Waals surface area contributed by atoms with E-state index in [0.29, 0.717) is 4.77 Å². The van der Waals surface area contributed by atoms with Crippen LogP contribution in [0.5, 0.6) is 5.88 Å². The number of aromatic amines is 1. The zero-order valence-electron chi connectivity index (χ0n) is 14.1. The fraction of sp³-hybridized carbons (Fsp3) is 0.688. The highest BCUT2D eigenvalue weighted by Gasteiger charge is 2.21. The molecule has 1 aliphatic heterocycles. The third kappa shape index (κ3) is 3.70. The van der Waals surface area contributed by atoms with Crippen LogP contribution in [0, 0.1) is 4.77 Å². The highest BCUT2D eigenvalue weighted by Crippen LogP contribution is 2.31. The summed E-state index contributed by atoms with van der Waals surface area (Å²) in [6.45, 7) is 3.50. The molecule has 2 N–H and O–H groups in total. The van der Waals surface area contributed by atoms with Crippen LogP contribution in [0.2, 0.25) is 0 Å². The summed E-state index contributed by atoms with van der Waals surface area (Å²) in [5.41, 5.74) is -0.199. The van der Waals surface area contributed by atoms with E-state index in [1.165, 1.54) is 12.6 Å². The Morgan fingerprint density at radius 1 is 1.21 bits per heavy atom. The molecular weight excluding hydrogens is 326 g/mol. The van der Waals surface area contributed by atoms with Gasteiger partial charge in [-0.15, -0.1) is 0 Å². The Balaban J connectivity index is 1.87. The number of hydrogen-bond donors (Lipinski definition) is 2. The van der Waals surface area contributed by atoms with E-state index in [9.17, 15) is 9.90 Å². The molecule has 3 rings (SSSR count). The SMILES string of the molecule is CN1CCN(N=Cc2c(O)n(C3CCCCC3)c(=S)[nH]c2=O)CC1. The van der Waals surface area contributed by atoms with Crippen molar-refractivity contribution in [1.82, 2.24) is 19.5 Å². The maximum absolute atomic E-state index is 12.2. The van der Waals surface area contributed by atoms with Crippen molar-refractivity contribution in [3.63, 3.8) is 0 Å². The van der Waals surface area contributed by atoms with Gasteiger partial charge in [0.25, 0.3) is 5.56 Å². The molecule has 0 spiro atoms. The molecule has 24 heavy (non-hydrogen) atoms. The van der Waals surface area contributed by atoms with Gasteiger partial charge in [-0.3, -0.25) is 19.4 Å². The van der Waals surface area contributed by atoms with Crippen LogP contribution in [-0.2, 0) is 0 Å². The number of nitrogens with one attached hydrogen (secondary N) is 1. The molecule has 0 radical (unpaired) electrons. The topological polar surface area (TPSA) is 76.9 Å². The molecule has 1 aliphatic carbocycles. The second kappa shape index (κ2) is 7.48. The molecule has 0 unspecified atom stereocenters. The van der Waals surface area contributed by atoms with E-state index in [-0.39, 0.29) is 23.0 Å². The van der Waals surface area contributed by atoms with Gasteiger partial charge in [-0.05, 0) is 32.1 Å². The zero-order valence-corrected chi connectivity index (χ0v) is 14.9. The van der Waals surface area contributed by atoms with Crippen LogP contribution in [0.15, 0.2) is 9.90 Å². The molecule has 1 aromatic rings. The quantitative estimate of drug-likeness (QED) is 0.640. The van der Waals surface area contributed by atoms with Crippen LogP contribution >= 0.6 is 12.2 Å². The van der Waals surface area contributed by atoms with Gasteiger partial charge in [0, 0.05) is 32.2 Å². The Labute approximate surface area is 146 Å². The molecule has 1 aromatic heterocycles. The number of aromatic hydroxyl groups is 1. The molecule has 1 saturated heterocycles. The number of nitrogens with zero attached hydrogens (tertiary/aromatic N) is 4. The first-order valence-corrected chi connectivity index (χ1v) is 9.02. The van der Waals surface area contributed by atoms with Gasteiger partial charge < -0.3 is 10.0 Å². The van der Waals surface area contributed by atoms with E-state index >= 15 is 0 Å². The van der Waals surface area contributed by atoms with Crippen LogP contribution in [-0.4, -0.2) is 64.0 Å². The van der Waals surface area contributed by atoms with Crippen molar-refractivity contribution in [2.75, 3.05) is 33.2 Å². The maximum Gasteiger partial charge on any atom is 0.264 e. The van der Waals surface area contributed by atoms with Crippen molar-refractivity contribution in [3.05, 3.63) is 20.7 Å². The summed E-state index contributed by atoms with van der Waals surface area (Å²) >= 11 is 5.28. The first-order valence-electron chi connectivity index (χ1n) is 8.61. The average molecular weight is 351 g/mol. The third-order valence-corrected chi connectivity index (χ3v) is 5.22. The van der Waals surface area contributed by atoms with Crippen LogP contribution in [0.25, 0.3) is 0 Å². The molecule has 1 saturated carbocycles. The molecule has 0 amide bonds. The fourth-order valence-corrected chi connectivity index (χ4v) is 3.73. The zero-order chi connectivity index (χ0) is 17.1. The molecule has 7 nitrogen and oxygen atoms in total. The lowest BCUT2D eigenvalue weighted by Gasteiger charge is -2.30. The van der Waals surface area contributed by atoms with Gasteiger partial charge in [0.1, 0.15) is 5.56 Å². The van der Waals surface area contributed by atoms with Gasteiger partial charge in [0.15, 0.2) is 4.77 Å². The Hall–Kier alpha value is -1.67. The predicted molar refractivity (Wildman–Crippen MR) is 96.3 cm³/mol. The van der Waals surface area contributed by atoms with E-state index in [4.69, 9.17) is 12.2 Å². The minimum atomic E-state index is -0.387. The van der Waals surface area contributed by atoms with Crippen LogP contribution in [0.1, 0.15) is 43.7 Å². The summed E-state index contributed by atoms with van der Waals surface area (Å²) in [7, 11) is 2.08. The monoisotopic (exact) mass is 351 g/mol. The van der Waals surface area contributed by atoms with Gasteiger partial charge in [-0.1, -0.05) is 19.3 Å². The normalized spacial score (nSPS) is 20.8. The molecule has 0 atom stereocenters. The van der Waals surface area contributed by atoms with Crippen molar-refractivity contribution in [1.29, 1.82) is 0 Å². The lowest BCUT2D eigenvalue weighted by Crippen LogP contribution is -2.41. The van der Waals surface area contributed by atoms with Crippen molar-refractivity contribution in [2.45, 2.75) is 38.1 Å².